The molecule has 0 radical (unpaired) electrons. The summed E-state index contributed by atoms with van der Waals surface area (Å²) in [6.07, 6.45) is 3.54. The first-order valence-electron chi connectivity index (χ1n) is 9.28. The fraction of sp³-hybridized carbons (Fsp3) is 0.400. The number of benzene rings is 1. The average molecular weight is 366 g/mol. The number of fused-ring (bicyclic) bond motifs is 1. The van der Waals surface area contributed by atoms with Crippen LogP contribution in [0.4, 0.5) is 0 Å². The lowest BCUT2D eigenvalue weighted by molar-refractivity contribution is 0.394. The van der Waals surface area contributed by atoms with E-state index in [0.29, 0.717) is 24.4 Å². The Kier molecular flexibility index (Phi) is 4.51. The molecule has 0 saturated heterocycles. The minimum absolute atomic E-state index is 0.231. The molecule has 0 saturated carbocycles. The van der Waals surface area contributed by atoms with Crippen LogP contribution in [0.1, 0.15) is 42.0 Å². The summed E-state index contributed by atoms with van der Waals surface area (Å²) in [5.74, 6) is 0.662. The van der Waals surface area contributed by atoms with Crippen LogP contribution in [0.3, 0.4) is 0 Å². The Morgan fingerprint density at radius 3 is 2.67 bits per heavy atom. The predicted molar refractivity (Wildman–Crippen MR) is 101 cm³/mol. The quantitative estimate of drug-likeness (QED) is 0.711. The highest BCUT2D eigenvalue weighted by atomic mass is 16.5. The molecule has 0 aliphatic carbocycles. The summed E-state index contributed by atoms with van der Waals surface area (Å²) in [5.41, 5.74) is 2.49. The van der Waals surface area contributed by atoms with Crippen LogP contribution in [0, 0.1) is 13.8 Å². The third-order valence-electron chi connectivity index (χ3n) is 5.17. The van der Waals surface area contributed by atoms with Crippen LogP contribution < -0.4 is 11.2 Å². The van der Waals surface area contributed by atoms with E-state index in [1.807, 2.05) is 31.2 Å². The van der Waals surface area contributed by atoms with Gasteiger partial charge in [-0.05, 0) is 37.3 Å². The van der Waals surface area contributed by atoms with E-state index in [2.05, 4.69) is 10.1 Å². The van der Waals surface area contributed by atoms with Crippen molar-refractivity contribution >= 4 is 0 Å². The largest absolute Gasteiger partial charge is 0.339 e. The number of aromatic nitrogens is 4. The molecule has 140 valence electrons. The third kappa shape index (κ3) is 3.13. The maximum atomic E-state index is 13.3. The molecule has 0 bridgehead atoms. The summed E-state index contributed by atoms with van der Waals surface area (Å²) in [7, 11) is 0. The summed E-state index contributed by atoms with van der Waals surface area (Å²) < 4.78 is 8.14. The van der Waals surface area contributed by atoms with Gasteiger partial charge in [0.1, 0.15) is 5.56 Å². The summed E-state index contributed by atoms with van der Waals surface area (Å²) in [4.78, 5) is 30.7. The van der Waals surface area contributed by atoms with Gasteiger partial charge in [0, 0.05) is 19.2 Å². The molecule has 7 nitrogen and oxygen atoms in total. The SMILES string of the molecule is Cc1nc(-c2c3n(c(=O)n(Cc4ccccc4C)c2=O)CCCCC3)no1. The molecule has 0 N–H and O–H groups in total. The van der Waals surface area contributed by atoms with Crippen molar-refractivity contribution in [2.45, 2.75) is 52.6 Å². The van der Waals surface area contributed by atoms with Gasteiger partial charge in [-0.15, -0.1) is 0 Å². The molecule has 1 aliphatic heterocycles. The van der Waals surface area contributed by atoms with E-state index in [1.54, 1.807) is 11.5 Å². The standard InChI is InChI=1S/C20H22N4O3/c1-13-8-5-6-9-15(13)12-24-19(25)17(18-21-14(2)27-22-18)16-10-4-3-7-11-23(16)20(24)26/h5-6,8-9H,3-4,7,10-12H2,1-2H3. The van der Waals surface area contributed by atoms with Gasteiger partial charge < -0.3 is 4.52 Å². The van der Waals surface area contributed by atoms with E-state index in [0.717, 1.165) is 36.1 Å². The normalized spacial score (nSPS) is 14.0. The first-order chi connectivity index (χ1) is 13.1. The van der Waals surface area contributed by atoms with Crippen LogP contribution in [-0.4, -0.2) is 19.3 Å². The van der Waals surface area contributed by atoms with Crippen LogP contribution in [-0.2, 0) is 19.5 Å². The van der Waals surface area contributed by atoms with Crippen molar-refractivity contribution in [3.05, 3.63) is 67.8 Å². The lowest BCUT2D eigenvalue weighted by Gasteiger charge is -2.16. The van der Waals surface area contributed by atoms with Crippen molar-refractivity contribution < 1.29 is 4.52 Å². The second-order valence-electron chi connectivity index (χ2n) is 7.02. The van der Waals surface area contributed by atoms with Gasteiger partial charge in [0.2, 0.25) is 11.7 Å². The summed E-state index contributed by atoms with van der Waals surface area (Å²) in [6, 6.07) is 7.78. The van der Waals surface area contributed by atoms with Gasteiger partial charge in [-0.2, -0.15) is 4.98 Å². The van der Waals surface area contributed by atoms with E-state index < -0.39 is 0 Å². The van der Waals surface area contributed by atoms with Crippen molar-refractivity contribution in [2.24, 2.45) is 0 Å². The Hall–Kier alpha value is -2.96. The molecule has 3 heterocycles. The van der Waals surface area contributed by atoms with Gasteiger partial charge in [0.05, 0.1) is 6.54 Å². The highest BCUT2D eigenvalue weighted by Gasteiger charge is 2.24. The monoisotopic (exact) mass is 366 g/mol. The lowest BCUT2D eigenvalue weighted by atomic mass is 10.1. The van der Waals surface area contributed by atoms with Gasteiger partial charge in [-0.3, -0.25) is 13.9 Å². The van der Waals surface area contributed by atoms with Crippen molar-refractivity contribution in [3.8, 4) is 11.4 Å². The molecule has 0 fully saturated rings. The van der Waals surface area contributed by atoms with Crippen LogP contribution in [0.25, 0.3) is 11.4 Å². The fourth-order valence-corrected chi connectivity index (χ4v) is 3.69. The Morgan fingerprint density at radius 2 is 1.93 bits per heavy atom. The molecule has 0 atom stereocenters. The van der Waals surface area contributed by atoms with Crippen LogP contribution in [0.15, 0.2) is 38.4 Å². The maximum absolute atomic E-state index is 13.3. The molecule has 7 heteroatoms. The maximum Gasteiger partial charge on any atom is 0.331 e. The minimum Gasteiger partial charge on any atom is -0.339 e. The van der Waals surface area contributed by atoms with E-state index in [9.17, 15) is 9.59 Å². The third-order valence-corrected chi connectivity index (χ3v) is 5.17. The Bertz CT molecular complexity index is 1110. The smallest absolute Gasteiger partial charge is 0.331 e. The average Bonchev–Trinajstić information content (AvgIpc) is 2.92. The topological polar surface area (TPSA) is 82.9 Å². The second-order valence-corrected chi connectivity index (χ2v) is 7.02. The first-order valence-corrected chi connectivity index (χ1v) is 9.28. The summed E-state index contributed by atoms with van der Waals surface area (Å²) in [5, 5.41) is 3.97. The Labute approximate surface area is 156 Å². The molecule has 2 aromatic heterocycles. The van der Waals surface area contributed by atoms with Crippen LogP contribution in [0.2, 0.25) is 0 Å². The minimum atomic E-state index is -0.350. The summed E-state index contributed by atoms with van der Waals surface area (Å²) >= 11 is 0. The molecule has 3 aromatic rings. The van der Waals surface area contributed by atoms with Crippen molar-refractivity contribution in [2.75, 3.05) is 0 Å². The molecule has 27 heavy (non-hydrogen) atoms. The zero-order chi connectivity index (χ0) is 19.0. The molecular weight excluding hydrogens is 344 g/mol. The molecular formula is C20H22N4O3. The second kappa shape index (κ2) is 6.98. The molecule has 1 aliphatic rings. The molecule has 0 amide bonds. The molecule has 0 spiro atoms. The van der Waals surface area contributed by atoms with E-state index in [-0.39, 0.29) is 23.6 Å². The van der Waals surface area contributed by atoms with Gasteiger partial charge in [-0.1, -0.05) is 35.8 Å². The number of nitrogens with zero attached hydrogens (tertiary/aromatic N) is 4. The predicted octanol–water partition coefficient (Wildman–Crippen LogP) is 2.45. The number of rotatable bonds is 3. The lowest BCUT2D eigenvalue weighted by Crippen LogP contribution is -2.43. The van der Waals surface area contributed by atoms with E-state index >= 15 is 0 Å². The number of aryl methyl sites for hydroxylation is 2. The summed E-state index contributed by atoms with van der Waals surface area (Å²) in [6.45, 7) is 4.50. The highest BCUT2D eigenvalue weighted by molar-refractivity contribution is 5.56. The van der Waals surface area contributed by atoms with Crippen molar-refractivity contribution in [1.29, 1.82) is 0 Å². The highest BCUT2D eigenvalue weighted by Crippen LogP contribution is 2.21. The Morgan fingerprint density at radius 1 is 1.11 bits per heavy atom. The zero-order valence-electron chi connectivity index (χ0n) is 15.6. The van der Waals surface area contributed by atoms with Crippen molar-refractivity contribution in [1.82, 2.24) is 19.3 Å². The van der Waals surface area contributed by atoms with Gasteiger partial charge >= 0.3 is 5.69 Å². The van der Waals surface area contributed by atoms with Gasteiger partial charge in [0.15, 0.2) is 0 Å². The Balaban J connectivity index is 1.97. The van der Waals surface area contributed by atoms with E-state index in [1.165, 1.54) is 4.57 Å². The van der Waals surface area contributed by atoms with Gasteiger partial charge in [-0.25, -0.2) is 4.79 Å². The first kappa shape index (κ1) is 17.5. The van der Waals surface area contributed by atoms with Gasteiger partial charge in [0.25, 0.3) is 5.56 Å². The number of hydrogen-bond acceptors (Lipinski definition) is 5. The van der Waals surface area contributed by atoms with E-state index in [4.69, 9.17) is 4.52 Å². The van der Waals surface area contributed by atoms with Crippen molar-refractivity contribution in [3.63, 3.8) is 0 Å². The van der Waals surface area contributed by atoms with Crippen LogP contribution in [0.5, 0.6) is 0 Å². The van der Waals surface area contributed by atoms with Crippen LogP contribution >= 0.6 is 0 Å². The zero-order valence-corrected chi connectivity index (χ0v) is 15.6. The fourth-order valence-electron chi connectivity index (χ4n) is 3.69. The molecule has 0 unspecified atom stereocenters. The molecule has 4 rings (SSSR count). The molecule has 1 aromatic carbocycles. The number of hydrogen-bond donors (Lipinski definition) is 0.